The number of hydrogen-bond donors (Lipinski definition) is 1. The topological polar surface area (TPSA) is 103 Å². The van der Waals surface area contributed by atoms with Crippen molar-refractivity contribution in [1.82, 2.24) is 29.1 Å². The number of hydrogen-bond acceptors (Lipinski definition) is 7. The standard InChI is InChI=1S/C26H26Cl2F3N7O3/c1-25(2)15-35(11-12-41-25)23-32-21(33-38(23)19-6-4-3-5-18(19)28)14-37-24(40)36(13-20(39)26(29,30)31)22(34-37)16-7-9-17(27)10-8-16/h3-10,20,39H,11-15H2,1-2H3. The van der Waals surface area contributed by atoms with Gasteiger partial charge in [-0.2, -0.15) is 22.8 Å². The van der Waals surface area contributed by atoms with Crippen LogP contribution in [-0.4, -0.2) is 71.8 Å². The van der Waals surface area contributed by atoms with Gasteiger partial charge in [-0.3, -0.25) is 4.57 Å². The Hall–Kier alpha value is -3.39. The summed E-state index contributed by atoms with van der Waals surface area (Å²) in [6.45, 7) is 4.08. The summed E-state index contributed by atoms with van der Waals surface area (Å²) in [6, 6.07) is 13.1. The molecule has 1 N–H and O–H groups in total. The van der Waals surface area contributed by atoms with Crippen LogP contribution in [0.15, 0.2) is 53.3 Å². The zero-order valence-corrected chi connectivity index (χ0v) is 23.5. The average molecular weight is 612 g/mol. The number of rotatable bonds is 7. The zero-order chi connectivity index (χ0) is 29.5. The van der Waals surface area contributed by atoms with Crippen LogP contribution in [0.3, 0.4) is 0 Å². The highest BCUT2D eigenvalue weighted by Crippen LogP contribution is 2.28. The molecule has 41 heavy (non-hydrogen) atoms. The molecule has 2 aromatic carbocycles. The normalized spacial score (nSPS) is 16.2. The summed E-state index contributed by atoms with van der Waals surface area (Å²) >= 11 is 12.4. The van der Waals surface area contributed by atoms with Crippen LogP contribution in [0.5, 0.6) is 0 Å². The molecule has 1 unspecified atom stereocenters. The third-order valence-electron chi connectivity index (χ3n) is 6.47. The van der Waals surface area contributed by atoms with E-state index in [1.54, 1.807) is 28.9 Å². The molecule has 1 aliphatic heterocycles. The van der Waals surface area contributed by atoms with E-state index in [2.05, 4.69) is 15.2 Å². The third-order valence-corrected chi connectivity index (χ3v) is 7.04. The Labute approximate surface area is 242 Å². The van der Waals surface area contributed by atoms with Crippen LogP contribution in [0.25, 0.3) is 17.1 Å². The fraction of sp³-hybridized carbons (Fsp3) is 0.385. The van der Waals surface area contributed by atoms with Crippen molar-refractivity contribution in [2.24, 2.45) is 0 Å². The van der Waals surface area contributed by atoms with Gasteiger partial charge in [-0.1, -0.05) is 35.3 Å². The summed E-state index contributed by atoms with van der Waals surface area (Å²) in [5.74, 6) is 0.563. The Morgan fingerprint density at radius 2 is 1.80 bits per heavy atom. The van der Waals surface area contributed by atoms with E-state index in [4.69, 9.17) is 27.9 Å². The molecule has 1 atom stereocenters. The van der Waals surface area contributed by atoms with E-state index in [-0.39, 0.29) is 18.2 Å². The fourth-order valence-electron chi connectivity index (χ4n) is 4.52. The molecule has 0 radical (unpaired) electrons. The first-order valence-corrected chi connectivity index (χ1v) is 13.4. The highest BCUT2D eigenvalue weighted by molar-refractivity contribution is 6.32. The molecule has 10 nitrogen and oxygen atoms in total. The van der Waals surface area contributed by atoms with Gasteiger partial charge in [0, 0.05) is 23.7 Å². The van der Waals surface area contributed by atoms with Crippen LogP contribution in [0.4, 0.5) is 19.1 Å². The maximum atomic E-state index is 13.3. The number of aromatic nitrogens is 6. The predicted octanol–water partition coefficient (Wildman–Crippen LogP) is 4.19. The Bertz CT molecular complexity index is 1600. The highest BCUT2D eigenvalue weighted by atomic mass is 35.5. The number of aliphatic hydroxyl groups excluding tert-OH is 1. The predicted molar refractivity (Wildman–Crippen MR) is 147 cm³/mol. The SMILES string of the molecule is CC1(C)CN(c2nc(Cn3nc(-c4ccc(Cl)cc4)n(CC(O)C(F)(F)F)c3=O)nn2-c2ccccc2Cl)CCO1. The number of benzene rings is 2. The van der Waals surface area contributed by atoms with Crippen LogP contribution in [0, 0.1) is 0 Å². The Morgan fingerprint density at radius 1 is 1.10 bits per heavy atom. The second-order valence-electron chi connectivity index (χ2n) is 10.2. The molecule has 0 saturated carbocycles. The number of halogens is 5. The third kappa shape index (κ3) is 6.27. The summed E-state index contributed by atoms with van der Waals surface area (Å²) in [4.78, 5) is 20.0. The van der Waals surface area contributed by atoms with E-state index in [0.29, 0.717) is 46.9 Å². The monoisotopic (exact) mass is 611 g/mol. The molecule has 0 amide bonds. The Balaban J connectivity index is 1.57. The lowest BCUT2D eigenvalue weighted by Crippen LogP contribution is -2.49. The van der Waals surface area contributed by atoms with Gasteiger partial charge in [0.1, 0.15) is 6.54 Å². The van der Waals surface area contributed by atoms with Crippen LogP contribution < -0.4 is 10.6 Å². The molecule has 0 aliphatic carbocycles. The first kappa shape index (κ1) is 29.1. The lowest BCUT2D eigenvalue weighted by molar-refractivity contribution is -0.207. The molecular weight excluding hydrogens is 586 g/mol. The van der Waals surface area contributed by atoms with Gasteiger partial charge in [0.25, 0.3) is 0 Å². The van der Waals surface area contributed by atoms with Gasteiger partial charge in [-0.25, -0.2) is 9.48 Å². The van der Waals surface area contributed by atoms with Crippen molar-refractivity contribution < 1.29 is 23.0 Å². The van der Waals surface area contributed by atoms with Gasteiger partial charge in [-0.05, 0) is 50.2 Å². The van der Waals surface area contributed by atoms with Crippen molar-refractivity contribution in [3.05, 3.63) is 74.9 Å². The second-order valence-corrected chi connectivity index (χ2v) is 11.0. The molecule has 4 aromatic rings. The number of aliphatic hydroxyl groups is 1. The summed E-state index contributed by atoms with van der Waals surface area (Å²) in [6.07, 6.45) is -7.72. The number of nitrogens with zero attached hydrogens (tertiary/aromatic N) is 7. The van der Waals surface area contributed by atoms with Gasteiger partial charge < -0.3 is 14.7 Å². The molecular formula is C26H26Cl2F3N7O3. The van der Waals surface area contributed by atoms with Crippen molar-refractivity contribution in [2.45, 2.75) is 44.8 Å². The van der Waals surface area contributed by atoms with E-state index in [1.165, 1.54) is 24.3 Å². The lowest BCUT2D eigenvalue weighted by atomic mass is 10.1. The molecule has 5 rings (SSSR count). The minimum atomic E-state index is -4.94. The maximum absolute atomic E-state index is 13.3. The van der Waals surface area contributed by atoms with Crippen LogP contribution >= 0.6 is 23.2 Å². The van der Waals surface area contributed by atoms with Gasteiger partial charge in [0.15, 0.2) is 17.8 Å². The quantitative estimate of drug-likeness (QED) is 0.334. The van der Waals surface area contributed by atoms with E-state index in [1.807, 2.05) is 18.7 Å². The van der Waals surface area contributed by atoms with Crippen molar-refractivity contribution >= 4 is 29.2 Å². The van der Waals surface area contributed by atoms with Crippen LogP contribution in [-0.2, 0) is 17.8 Å². The van der Waals surface area contributed by atoms with E-state index in [0.717, 1.165) is 9.25 Å². The fourth-order valence-corrected chi connectivity index (χ4v) is 4.86. The Morgan fingerprint density at radius 3 is 2.46 bits per heavy atom. The van der Waals surface area contributed by atoms with Crippen LogP contribution in [0.2, 0.25) is 10.0 Å². The first-order valence-electron chi connectivity index (χ1n) is 12.6. The largest absolute Gasteiger partial charge is 0.416 e. The number of morpholine rings is 1. The molecule has 3 heterocycles. The molecule has 1 aliphatic rings. The van der Waals surface area contributed by atoms with Gasteiger partial charge in [0.2, 0.25) is 5.95 Å². The molecule has 15 heteroatoms. The van der Waals surface area contributed by atoms with E-state index >= 15 is 0 Å². The van der Waals surface area contributed by atoms with Crippen molar-refractivity contribution in [3.63, 3.8) is 0 Å². The molecule has 218 valence electrons. The summed E-state index contributed by atoms with van der Waals surface area (Å²) < 4.78 is 48.8. The lowest BCUT2D eigenvalue weighted by Gasteiger charge is -2.38. The first-order chi connectivity index (χ1) is 19.3. The Kier molecular flexibility index (Phi) is 7.90. The van der Waals surface area contributed by atoms with Gasteiger partial charge >= 0.3 is 11.9 Å². The molecule has 0 bridgehead atoms. The highest BCUT2D eigenvalue weighted by Gasteiger charge is 2.39. The molecule has 1 fully saturated rings. The minimum absolute atomic E-state index is 0.0735. The van der Waals surface area contributed by atoms with E-state index in [9.17, 15) is 23.1 Å². The number of para-hydroxylation sites is 1. The average Bonchev–Trinajstić information content (AvgIpc) is 3.45. The van der Waals surface area contributed by atoms with Crippen LogP contribution in [0.1, 0.15) is 19.7 Å². The summed E-state index contributed by atoms with van der Waals surface area (Å²) in [5, 5.41) is 19.5. The summed E-state index contributed by atoms with van der Waals surface area (Å²) in [7, 11) is 0. The number of alkyl halides is 3. The van der Waals surface area contributed by atoms with Crippen molar-refractivity contribution in [3.8, 4) is 17.1 Å². The van der Waals surface area contributed by atoms with Gasteiger partial charge in [-0.15, -0.1) is 10.2 Å². The molecule has 2 aromatic heterocycles. The summed E-state index contributed by atoms with van der Waals surface area (Å²) in [5.41, 5.74) is -0.440. The molecule has 1 saturated heterocycles. The van der Waals surface area contributed by atoms with Crippen molar-refractivity contribution in [1.29, 1.82) is 0 Å². The smallest absolute Gasteiger partial charge is 0.382 e. The number of ether oxygens (including phenoxy) is 1. The minimum Gasteiger partial charge on any atom is -0.382 e. The molecule has 0 spiro atoms. The van der Waals surface area contributed by atoms with Crippen molar-refractivity contribution in [2.75, 3.05) is 24.6 Å². The second kappa shape index (κ2) is 11.1. The number of anilines is 1. The van der Waals surface area contributed by atoms with E-state index < -0.39 is 30.1 Å². The maximum Gasteiger partial charge on any atom is 0.416 e. The van der Waals surface area contributed by atoms with Gasteiger partial charge in [0.05, 0.1) is 29.5 Å². The zero-order valence-electron chi connectivity index (χ0n) is 22.0.